The van der Waals surface area contributed by atoms with Gasteiger partial charge in [-0.05, 0) is 35.9 Å². The number of sulfonamides is 1. The molecule has 2 aromatic heterocycles. The van der Waals surface area contributed by atoms with Gasteiger partial charge in [-0.2, -0.15) is 4.98 Å². The Balaban J connectivity index is 1.80. The molecule has 0 saturated heterocycles. The van der Waals surface area contributed by atoms with Crippen molar-refractivity contribution in [3.8, 4) is 34.8 Å². The van der Waals surface area contributed by atoms with E-state index in [0.717, 1.165) is 5.41 Å². The first kappa shape index (κ1) is 24.9. The van der Waals surface area contributed by atoms with Crippen LogP contribution in [0.4, 0.5) is 5.82 Å². The van der Waals surface area contributed by atoms with Gasteiger partial charge >= 0.3 is 0 Å². The Bertz CT molecular complexity index is 1500. The number of para-hydroxylation sites is 2. The SMILES string of the molecule is COc1ccccc1Oc1c(NS(=O)(=O)/C=C/c2ccccc2Cl)nc(-c2ncccn2)nc1OC. The standard InChI is InChI=1S/C24H20ClN5O5S/c1-33-18-10-5-6-11-19(18)35-20-21(28-23(29-24(20)34-2)22-26-13-7-14-27-22)30-36(31,32)15-12-16-8-3-4-9-17(16)25/h3-15H,1-2H3,(H,28,29,30)/b15-12+. The largest absolute Gasteiger partial charge is 0.493 e. The number of hydrogen-bond donors (Lipinski definition) is 1. The van der Waals surface area contributed by atoms with Gasteiger partial charge < -0.3 is 14.2 Å². The highest BCUT2D eigenvalue weighted by molar-refractivity contribution is 7.95. The molecule has 0 radical (unpaired) electrons. The van der Waals surface area contributed by atoms with Crippen molar-refractivity contribution in [3.05, 3.63) is 83.0 Å². The Morgan fingerprint density at radius 3 is 2.25 bits per heavy atom. The minimum Gasteiger partial charge on any atom is -0.493 e. The van der Waals surface area contributed by atoms with E-state index in [9.17, 15) is 8.42 Å². The number of aromatic nitrogens is 4. The Morgan fingerprint density at radius 2 is 1.56 bits per heavy atom. The number of anilines is 1. The smallest absolute Gasteiger partial charge is 0.263 e. The molecule has 0 aliphatic carbocycles. The van der Waals surface area contributed by atoms with Crippen molar-refractivity contribution in [2.24, 2.45) is 0 Å². The maximum Gasteiger partial charge on any atom is 0.263 e. The van der Waals surface area contributed by atoms with Crippen LogP contribution in [-0.2, 0) is 10.0 Å². The molecule has 0 aliphatic heterocycles. The van der Waals surface area contributed by atoms with E-state index in [-0.39, 0.29) is 34.8 Å². The van der Waals surface area contributed by atoms with Crippen LogP contribution in [0.15, 0.2) is 72.4 Å². The summed E-state index contributed by atoms with van der Waals surface area (Å²) in [4.78, 5) is 16.9. The van der Waals surface area contributed by atoms with Crippen LogP contribution in [-0.4, -0.2) is 42.6 Å². The van der Waals surface area contributed by atoms with Crippen molar-refractivity contribution in [3.63, 3.8) is 0 Å². The number of nitrogens with zero attached hydrogens (tertiary/aromatic N) is 4. The van der Waals surface area contributed by atoms with Crippen LogP contribution in [0.3, 0.4) is 0 Å². The second kappa shape index (κ2) is 11.0. The van der Waals surface area contributed by atoms with Crippen molar-refractivity contribution in [1.29, 1.82) is 0 Å². The van der Waals surface area contributed by atoms with Crippen LogP contribution in [0.1, 0.15) is 5.56 Å². The number of methoxy groups -OCH3 is 2. The van der Waals surface area contributed by atoms with Crippen molar-refractivity contribution in [1.82, 2.24) is 19.9 Å². The van der Waals surface area contributed by atoms with Crippen molar-refractivity contribution in [2.45, 2.75) is 0 Å². The van der Waals surface area contributed by atoms with Crippen LogP contribution < -0.4 is 18.9 Å². The molecule has 0 fully saturated rings. The molecular weight excluding hydrogens is 506 g/mol. The Kier molecular flexibility index (Phi) is 7.62. The topological polar surface area (TPSA) is 125 Å². The number of halogens is 1. The lowest BCUT2D eigenvalue weighted by atomic mass is 10.2. The minimum atomic E-state index is -4.09. The maximum atomic E-state index is 13.0. The zero-order valence-corrected chi connectivity index (χ0v) is 20.7. The molecule has 4 rings (SSSR count). The zero-order chi connectivity index (χ0) is 25.5. The molecule has 0 spiro atoms. The van der Waals surface area contributed by atoms with Gasteiger partial charge in [0.05, 0.1) is 19.6 Å². The van der Waals surface area contributed by atoms with E-state index in [2.05, 4.69) is 24.7 Å². The summed E-state index contributed by atoms with van der Waals surface area (Å²) in [5.74, 6) is 0.543. The molecule has 0 amide bonds. The van der Waals surface area contributed by atoms with Crippen LogP contribution >= 0.6 is 11.6 Å². The van der Waals surface area contributed by atoms with E-state index in [4.69, 9.17) is 25.8 Å². The summed E-state index contributed by atoms with van der Waals surface area (Å²) in [7, 11) is -1.25. The van der Waals surface area contributed by atoms with Gasteiger partial charge in [-0.15, -0.1) is 0 Å². The third-order valence-corrected chi connectivity index (χ3v) is 5.96. The minimum absolute atomic E-state index is 0.0209. The summed E-state index contributed by atoms with van der Waals surface area (Å²) in [6.07, 6.45) is 4.38. The summed E-state index contributed by atoms with van der Waals surface area (Å²) in [6.45, 7) is 0. The first-order valence-corrected chi connectivity index (χ1v) is 12.3. The van der Waals surface area contributed by atoms with Gasteiger partial charge in [-0.3, -0.25) is 4.72 Å². The molecule has 12 heteroatoms. The highest BCUT2D eigenvalue weighted by atomic mass is 35.5. The lowest BCUT2D eigenvalue weighted by molar-refractivity contribution is 0.348. The van der Waals surface area contributed by atoms with Gasteiger partial charge in [0.25, 0.3) is 15.9 Å². The molecule has 4 aromatic rings. The predicted molar refractivity (Wildman–Crippen MR) is 136 cm³/mol. The monoisotopic (exact) mass is 525 g/mol. The Hall–Kier alpha value is -4.22. The number of nitrogens with one attached hydrogen (secondary N) is 1. The van der Waals surface area contributed by atoms with Crippen LogP contribution in [0.2, 0.25) is 5.02 Å². The van der Waals surface area contributed by atoms with Gasteiger partial charge in [-0.25, -0.2) is 23.4 Å². The van der Waals surface area contributed by atoms with E-state index in [1.54, 1.807) is 54.6 Å². The summed E-state index contributed by atoms with van der Waals surface area (Å²) >= 11 is 6.14. The van der Waals surface area contributed by atoms with Crippen molar-refractivity contribution >= 4 is 33.5 Å². The van der Waals surface area contributed by atoms with E-state index in [1.165, 1.54) is 32.7 Å². The number of hydrogen-bond acceptors (Lipinski definition) is 9. The fraction of sp³-hybridized carbons (Fsp3) is 0.0833. The summed E-state index contributed by atoms with van der Waals surface area (Å²) in [5.41, 5.74) is 0.522. The molecule has 0 saturated carbocycles. The summed E-state index contributed by atoms with van der Waals surface area (Å²) < 4.78 is 45.2. The summed E-state index contributed by atoms with van der Waals surface area (Å²) in [5, 5.41) is 1.37. The van der Waals surface area contributed by atoms with E-state index >= 15 is 0 Å². The van der Waals surface area contributed by atoms with Crippen LogP contribution in [0.25, 0.3) is 17.7 Å². The molecule has 0 atom stereocenters. The Morgan fingerprint density at radius 1 is 0.861 bits per heavy atom. The lowest BCUT2D eigenvalue weighted by Crippen LogP contribution is -2.13. The van der Waals surface area contributed by atoms with E-state index < -0.39 is 10.0 Å². The maximum absolute atomic E-state index is 13.0. The van der Waals surface area contributed by atoms with Crippen molar-refractivity contribution < 1.29 is 22.6 Å². The quantitative estimate of drug-likeness (QED) is 0.327. The van der Waals surface area contributed by atoms with Gasteiger partial charge in [0.15, 0.2) is 23.1 Å². The molecule has 0 unspecified atom stereocenters. The van der Waals surface area contributed by atoms with Crippen molar-refractivity contribution in [2.75, 3.05) is 18.9 Å². The normalized spacial score (nSPS) is 11.3. The Labute approximate surface area is 212 Å². The first-order valence-electron chi connectivity index (χ1n) is 10.4. The van der Waals surface area contributed by atoms with E-state index in [1.807, 2.05) is 0 Å². The highest BCUT2D eigenvalue weighted by Crippen LogP contribution is 2.40. The van der Waals surface area contributed by atoms with Gasteiger partial charge in [0.2, 0.25) is 11.6 Å². The number of rotatable bonds is 9. The second-order valence-corrected chi connectivity index (χ2v) is 9.00. The van der Waals surface area contributed by atoms with Gasteiger partial charge in [-0.1, -0.05) is 41.9 Å². The fourth-order valence-corrected chi connectivity index (χ4v) is 4.00. The number of ether oxygens (including phenoxy) is 3. The molecule has 10 nitrogen and oxygen atoms in total. The molecule has 2 heterocycles. The molecule has 0 bridgehead atoms. The van der Waals surface area contributed by atoms with Crippen LogP contribution in [0, 0.1) is 0 Å². The highest BCUT2D eigenvalue weighted by Gasteiger charge is 2.23. The first-order chi connectivity index (χ1) is 17.4. The third-order valence-electron chi connectivity index (χ3n) is 4.65. The average molecular weight is 526 g/mol. The van der Waals surface area contributed by atoms with E-state index in [0.29, 0.717) is 16.3 Å². The molecule has 184 valence electrons. The molecule has 1 N–H and O–H groups in total. The lowest BCUT2D eigenvalue weighted by Gasteiger charge is -2.16. The molecule has 36 heavy (non-hydrogen) atoms. The summed E-state index contributed by atoms with van der Waals surface area (Å²) in [6, 6.07) is 15.3. The third kappa shape index (κ3) is 5.88. The van der Waals surface area contributed by atoms with Gasteiger partial charge in [0, 0.05) is 17.4 Å². The number of benzene rings is 2. The zero-order valence-electron chi connectivity index (χ0n) is 19.1. The molecule has 0 aliphatic rings. The predicted octanol–water partition coefficient (Wildman–Crippen LogP) is 4.81. The molecular formula is C24H20ClN5O5S. The second-order valence-electron chi connectivity index (χ2n) is 7.03. The van der Waals surface area contributed by atoms with Crippen LogP contribution in [0.5, 0.6) is 23.1 Å². The molecule has 2 aromatic carbocycles. The van der Waals surface area contributed by atoms with Gasteiger partial charge in [0.1, 0.15) is 0 Å². The average Bonchev–Trinajstić information content (AvgIpc) is 2.89. The fourth-order valence-electron chi connectivity index (χ4n) is 3.00.